The molecule has 11 heteroatoms. The van der Waals surface area contributed by atoms with E-state index < -0.39 is 40.0 Å². The van der Waals surface area contributed by atoms with E-state index in [1.165, 1.54) is 24.1 Å². The zero-order valence-electron chi connectivity index (χ0n) is 23.0. The second-order valence-corrected chi connectivity index (χ2v) is 12.8. The number of ether oxygens (including phenoxy) is 1. The topological polar surface area (TPSA) is 96.0 Å². The van der Waals surface area contributed by atoms with Crippen LogP contribution in [0.5, 0.6) is 5.75 Å². The standard InChI is InChI=1S/C29H33Cl2N3O5S/c1-20(28(36)32-29(2,3)4)33(18-24-25(30)12-9-13-26(24)31)27(35)19-34(21-14-16-22(39-5)17-15-21)40(37,38)23-10-7-6-8-11-23/h6-17,20H,18-19H2,1-5H3,(H,32,36). The maximum atomic E-state index is 14.0. The van der Waals surface area contributed by atoms with E-state index in [1.807, 2.05) is 20.8 Å². The Labute approximate surface area is 245 Å². The van der Waals surface area contributed by atoms with E-state index in [-0.39, 0.29) is 17.1 Å². The van der Waals surface area contributed by atoms with Crippen LogP contribution >= 0.6 is 23.2 Å². The highest BCUT2D eigenvalue weighted by molar-refractivity contribution is 7.92. The third kappa shape index (κ3) is 7.68. The fourth-order valence-corrected chi connectivity index (χ4v) is 5.86. The van der Waals surface area contributed by atoms with Crippen molar-refractivity contribution in [3.05, 3.63) is 88.4 Å². The van der Waals surface area contributed by atoms with Crippen LogP contribution in [0.3, 0.4) is 0 Å². The average Bonchev–Trinajstić information content (AvgIpc) is 2.90. The Kier molecular flexibility index (Phi) is 10.1. The molecule has 0 saturated heterocycles. The monoisotopic (exact) mass is 605 g/mol. The molecular formula is C29H33Cl2N3O5S. The molecule has 0 spiro atoms. The zero-order chi connectivity index (χ0) is 29.7. The van der Waals surface area contributed by atoms with Gasteiger partial charge in [0.2, 0.25) is 11.8 Å². The number of hydrogen-bond acceptors (Lipinski definition) is 5. The lowest BCUT2D eigenvalue weighted by molar-refractivity contribution is -0.140. The van der Waals surface area contributed by atoms with Crippen molar-refractivity contribution in [1.29, 1.82) is 0 Å². The number of carbonyl (C=O) groups is 2. The van der Waals surface area contributed by atoms with Crippen LogP contribution in [-0.2, 0) is 26.2 Å². The number of anilines is 1. The molecule has 0 bridgehead atoms. The van der Waals surface area contributed by atoms with Gasteiger partial charge in [0.15, 0.2) is 0 Å². The Balaban J connectivity index is 2.07. The summed E-state index contributed by atoms with van der Waals surface area (Å²) >= 11 is 12.8. The molecule has 3 rings (SSSR count). The maximum Gasteiger partial charge on any atom is 0.264 e. The minimum atomic E-state index is -4.17. The summed E-state index contributed by atoms with van der Waals surface area (Å²) < 4.78 is 33.8. The summed E-state index contributed by atoms with van der Waals surface area (Å²) in [6.07, 6.45) is 0. The molecule has 0 radical (unpaired) electrons. The molecule has 8 nitrogen and oxygen atoms in total. The van der Waals surface area contributed by atoms with E-state index in [0.29, 0.717) is 21.4 Å². The molecule has 1 atom stereocenters. The molecule has 0 aliphatic rings. The Morgan fingerprint density at radius 1 is 0.925 bits per heavy atom. The molecule has 40 heavy (non-hydrogen) atoms. The van der Waals surface area contributed by atoms with Gasteiger partial charge in [-0.2, -0.15) is 0 Å². The lowest BCUT2D eigenvalue weighted by atomic mass is 10.1. The Hall–Kier alpha value is -3.27. The number of sulfonamides is 1. The van der Waals surface area contributed by atoms with Gasteiger partial charge < -0.3 is 15.0 Å². The minimum absolute atomic E-state index is 0.0119. The Morgan fingerprint density at radius 3 is 2.02 bits per heavy atom. The molecule has 0 saturated carbocycles. The predicted molar refractivity (Wildman–Crippen MR) is 158 cm³/mol. The number of benzene rings is 3. The summed E-state index contributed by atoms with van der Waals surface area (Å²) in [6.45, 7) is 6.36. The van der Waals surface area contributed by atoms with Crippen LogP contribution in [0.15, 0.2) is 77.7 Å². The highest BCUT2D eigenvalue weighted by Gasteiger charge is 2.34. The third-order valence-corrected chi connectivity index (χ3v) is 8.52. The highest BCUT2D eigenvalue weighted by atomic mass is 35.5. The van der Waals surface area contributed by atoms with Crippen molar-refractivity contribution in [3.8, 4) is 5.75 Å². The van der Waals surface area contributed by atoms with E-state index in [1.54, 1.807) is 67.6 Å². The van der Waals surface area contributed by atoms with Crippen LogP contribution < -0.4 is 14.4 Å². The van der Waals surface area contributed by atoms with Crippen LogP contribution in [0.2, 0.25) is 10.0 Å². The van der Waals surface area contributed by atoms with E-state index in [2.05, 4.69) is 5.32 Å². The molecular weight excluding hydrogens is 573 g/mol. The van der Waals surface area contributed by atoms with Gasteiger partial charge in [0.25, 0.3) is 10.0 Å². The van der Waals surface area contributed by atoms with Gasteiger partial charge in [-0.15, -0.1) is 0 Å². The maximum absolute atomic E-state index is 14.0. The Bertz CT molecular complexity index is 1420. The molecule has 1 unspecified atom stereocenters. The fraction of sp³-hybridized carbons (Fsp3) is 0.310. The summed E-state index contributed by atoms with van der Waals surface area (Å²) in [5.74, 6) is -0.511. The minimum Gasteiger partial charge on any atom is -0.497 e. The molecule has 214 valence electrons. The number of nitrogens with zero attached hydrogens (tertiary/aromatic N) is 2. The van der Waals surface area contributed by atoms with Crippen molar-refractivity contribution >= 4 is 50.7 Å². The molecule has 0 aliphatic carbocycles. The summed E-state index contributed by atoms with van der Waals surface area (Å²) in [4.78, 5) is 28.5. The van der Waals surface area contributed by atoms with Gasteiger partial charge in [-0.05, 0) is 76.2 Å². The summed E-state index contributed by atoms with van der Waals surface area (Å²) in [6, 6.07) is 18.1. The molecule has 0 fully saturated rings. The first-order valence-electron chi connectivity index (χ1n) is 12.5. The predicted octanol–water partition coefficient (Wildman–Crippen LogP) is 5.53. The molecule has 2 amide bonds. The second kappa shape index (κ2) is 12.9. The van der Waals surface area contributed by atoms with Gasteiger partial charge in [0, 0.05) is 27.7 Å². The molecule has 0 aliphatic heterocycles. The fourth-order valence-electron chi connectivity index (χ4n) is 3.91. The number of methoxy groups -OCH3 is 1. The second-order valence-electron chi connectivity index (χ2n) is 10.2. The smallest absolute Gasteiger partial charge is 0.264 e. The van der Waals surface area contributed by atoms with Gasteiger partial charge in [0.05, 0.1) is 17.7 Å². The third-order valence-electron chi connectivity index (χ3n) is 6.03. The molecule has 1 N–H and O–H groups in total. The quantitative estimate of drug-likeness (QED) is 0.328. The number of nitrogens with one attached hydrogen (secondary N) is 1. The molecule has 3 aromatic rings. The van der Waals surface area contributed by atoms with E-state index >= 15 is 0 Å². The number of rotatable bonds is 10. The van der Waals surface area contributed by atoms with Crippen molar-refractivity contribution in [3.63, 3.8) is 0 Å². The van der Waals surface area contributed by atoms with Crippen molar-refractivity contribution in [1.82, 2.24) is 10.2 Å². The molecule has 0 aromatic heterocycles. The summed E-state index contributed by atoms with van der Waals surface area (Å²) in [5.41, 5.74) is 0.130. The zero-order valence-corrected chi connectivity index (χ0v) is 25.3. The van der Waals surface area contributed by atoms with Crippen LogP contribution in [0.25, 0.3) is 0 Å². The van der Waals surface area contributed by atoms with Crippen molar-refractivity contribution in [2.45, 2.75) is 50.7 Å². The first-order chi connectivity index (χ1) is 18.7. The summed E-state index contributed by atoms with van der Waals surface area (Å²) in [7, 11) is -2.68. The average molecular weight is 607 g/mol. The summed E-state index contributed by atoms with van der Waals surface area (Å²) in [5, 5.41) is 3.51. The van der Waals surface area contributed by atoms with E-state index in [4.69, 9.17) is 27.9 Å². The number of amides is 2. The van der Waals surface area contributed by atoms with Gasteiger partial charge in [0.1, 0.15) is 18.3 Å². The number of hydrogen-bond donors (Lipinski definition) is 1. The van der Waals surface area contributed by atoms with Gasteiger partial charge in [-0.3, -0.25) is 13.9 Å². The van der Waals surface area contributed by atoms with Crippen LogP contribution in [-0.4, -0.2) is 50.4 Å². The van der Waals surface area contributed by atoms with Crippen molar-refractivity contribution < 1.29 is 22.7 Å². The lowest BCUT2D eigenvalue weighted by Crippen LogP contribution is -2.54. The number of halogens is 2. The normalized spacial score (nSPS) is 12.4. The first-order valence-corrected chi connectivity index (χ1v) is 14.7. The van der Waals surface area contributed by atoms with Gasteiger partial charge in [-0.25, -0.2) is 8.42 Å². The Morgan fingerprint density at radius 2 is 1.50 bits per heavy atom. The van der Waals surface area contributed by atoms with Gasteiger partial charge >= 0.3 is 0 Å². The van der Waals surface area contributed by atoms with Crippen molar-refractivity contribution in [2.75, 3.05) is 18.0 Å². The highest BCUT2D eigenvalue weighted by Crippen LogP contribution is 2.29. The van der Waals surface area contributed by atoms with Crippen molar-refractivity contribution in [2.24, 2.45) is 0 Å². The van der Waals surface area contributed by atoms with Gasteiger partial charge in [-0.1, -0.05) is 47.5 Å². The van der Waals surface area contributed by atoms with E-state index in [9.17, 15) is 18.0 Å². The molecule has 3 aromatic carbocycles. The van der Waals surface area contributed by atoms with Crippen LogP contribution in [0.1, 0.15) is 33.3 Å². The molecule has 0 heterocycles. The number of carbonyl (C=O) groups excluding carboxylic acids is 2. The lowest BCUT2D eigenvalue weighted by Gasteiger charge is -2.33. The largest absolute Gasteiger partial charge is 0.497 e. The van der Waals surface area contributed by atoms with E-state index in [0.717, 1.165) is 4.31 Å². The van der Waals surface area contributed by atoms with Crippen LogP contribution in [0.4, 0.5) is 5.69 Å². The first kappa shape index (κ1) is 31.3. The van der Waals surface area contributed by atoms with Crippen LogP contribution in [0, 0.1) is 0 Å². The SMILES string of the molecule is COc1ccc(N(CC(=O)N(Cc2c(Cl)cccc2Cl)C(C)C(=O)NC(C)(C)C)S(=O)(=O)c2ccccc2)cc1.